The van der Waals surface area contributed by atoms with E-state index in [1.54, 1.807) is 16.7 Å². The molecule has 1 atom stereocenters. The van der Waals surface area contributed by atoms with Gasteiger partial charge in [-0.15, -0.1) is 0 Å². The monoisotopic (exact) mass is 400 g/mol. The summed E-state index contributed by atoms with van der Waals surface area (Å²) in [7, 11) is 0. The van der Waals surface area contributed by atoms with Crippen LogP contribution in [0.4, 0.5) is 0 Å². The van der Waals surface area contributed by atoms with Crippen LogP contribution in [0.25, 0.3) is 0 Å². The Hall–Kier alpha value is -1.88. The first-order valence-corrected chi connectivity index (χ1v) is 9.50. The van der Waals surface area contributed by atoms with Crippen LogP contribution in [0.5, 0.6) is 0 Å². The molecule has 2 N–H and O–H groups in total. The summed E-state index contributed by atoms with van der Waals surface area (Å²) in [4.78, 5) is 52.6. The van der Waals surface area contributed by atoms with E-state index in [1.165, 1.54) is 6.92 Å². The Kier molecular flexibility index (Phi) is 10.8. The van der Waals surface area contributed by atoms with Gasteiger partial charge in [-0.3, -0.25) is 34.0 Å². The maximum atomic E-state index is 11.6. The van der Waals surface area contributed by atoms with Crippen molar-refractivity contribution in [2.45, 2.75) is 19.9 Å². The lowest BCUT2D eigenvalue weighted by atomic mass is 10.2. The van der Waals surface area contributed by atoms with Crippen molar-refractivity contribution in [3.8, 4) is 0 Å². The van der Waals surface area contributed by atoms with Gasteiger partial charge in [-0.1, -0.05) is 0 Å². The van der Waals surface area contributed by atoms with Gasteiger partial charge in [0.15, 0.2) is 0 Å². The third kappa shape index (κ3) is 9.88. The standard InChI is InChI=1S/C18H32N4O6/c1-15(14-23)22-9-7-19(11-16(2)24)3-4-20(12-17(25)26)5-6-21(8-10-22)13-18(27)28/h14-15H,3-13H2,1-2H3,(H,25,26)(H,27,28). The van der Waals surface area contributed by atoms with E-state index >= 15 is 0 Å². The smallest absolute Gasteiger partial charge is 0.317 e. The molecule has 0 aromatic rings. The van der Waals surface area contributed by atoms with Gasteiger partial charge in [-0.05, 0) is 13.8 Å². The average molecular weight is 400 g/mol. The Morgan fingerprint density at radius 1 is 0.786 bits per heavy atom. The van der Waals surface area contributed by atoms with Crippen LogP contribution in [0.1, 0.15) is 13.8 Å². The SMILES string of the molecule is CC(=O)CN1CCN(CC(=O)O)CCN(CC(=O)O)CCN(C(C)C=O)CC1. The number of Topliss-reactive ketones (excluding diaryl/α,β-unsaturated/α-hetero) is 1. The fourth-order valence-electron chi connectivity index (χ4n) is 3.22. The molecule has 1 unspecified atom stereocenters. The maximum Gasteiger partial charge on any atom is 0.317 e. The molecule has 10 nitrogen and oxygen atoms in total. The lowest BCUT2D eigenvalue weighted by Gasteiger charge is -2.34. The minimum absolute atomic E-state index is 0.0273. The predicted molar refractivity (Wildman–Crippen MR) is 102 cm³/mol. The Bertz CT molecular complexity index is 512. The van der Waals surface area contributed by atoms with E-state index in [9.17, 15) is 19.2 Å². The molecule has 0 spiro atoms. The van der Waals surface area contributed by atoms with E-state index in [0.29, 0.717) is 52.4 Å². The number of carboxylic acids is 2. The van der Waals surface area contributed by atoms with Crippen LogP contribution >= 0.6 is 0 Å². The van der Waals surface area contributed by atoms with Gasteiger partial charge < -0.3 is 15.0 Å². The third-order valence-electron chi connectivity index (χ3n) is 4.81. The van der Waals surface area contributed by atoms with E-state index in [4.69, 9.17) is 10.2 Å². The van der Waals surface area contributed by atoms with Gasteiger partial charge in [0.05, 0.1) is 25.7 Å². The Balaban J connectivity index is 2.93. The van der Waals surface area contributed by atoms with Gasteiger partial charge in [-0.2, -0.15) is 0 Å². The summed E-state index contributed by atoms with van der Waals surface area (Å²) in [5, 5.41) is 18.3. The molecule has 0 aromatic carbocycles. The van der Waals surface area contributed by atoms with Gasteiger partial charge in [0.2, 0.25) is 0 Å². The summed E-state index contributed by atoms with van der Waals surface area (Å²) in [6, 6.07) is -0.308. The van der Waals surface area contributed by atoms with Gasteiger partial charge in [-0.25, -0.2) is 0 Å². The second-order valence-electron chi connectivity index (χ2n) is 7.23. The summed E-state index contributed by atoms with van der Waals surface area (Å²) in [5.41, 5.74) is 0. The molecular weight excluding hydrogens is 368 g/mol. The van der Waals surface area contributed by atoms with E-state index in [2.05, 4.69) is 0 Å². The number of aliphatic carboxylic acids is 2. The number of rotatable bonds is 8. The first-order chi connectivity index (χ1) is 13.2. The highest BCUT2D eigenvalue weighted by Gasteiger charge is 2.21. The number of carbonyl (C=O) groups is 4. The first-order valence-electron chi connectivity index (χ1n) is 9.50. The van der Waals surface area contributed by atoms with Crippen molar-refractivity contribution < 1.29 is 29.4 Å². The molecule has 0 aliphatic carbocycles. The Morgan fingerprint density at radius 3 is 1.46 bits per heavy atom. The highest BCUT2D eigenvalue weighted by molar-refractivity contribution is 5.77. The minimum atomic E-state index is -0.945. The van der Waals surface area contributed by atoms with E-state index in [0.717, 1.165) is 6.29 Å². The highest BCUT2D eigenvalue weighted by Crippen LogP contribution is 2.03. The van der Waals surface area contributed by atoms with Crippen LogP contribution in [-0.4, -0.2) is 132 Å². The summed E-state index contributed by atoms with van der Waals surface area (Å²) in [6.45, 7) is 7.22. The second kappa shape index (κ2) is 12.6. The van der Waals surface area contributed by atoms with E-state index in [-0.39, 0.29) is 31.5 Å². The van der Waals surface area contributed by atoms with Gasteiger partial charge >= 0.3 is 11.9 Å². The van der Waals surface area contributed by atoms with Gasteiger partial charge in [0.1, 0.15) is 12.1 Å². The fraction of sp³-hybridized carbons (Fsp3) is 0.778. The van der Waals surface area contributed by atoms with Crippen molar-refractivity contribution in [1.82, 2.24) is 19.6 Å². The summed E-state index contributed by atoms with van der Waals surface area (Å²) in [5.74, 6) is -1.86. The number of nitrogens with zero attached hydrogens (tertiary/aromatic N) is 4. The Morgan fingerprint density at radius 2 is 1.14 bits per heavy atom. The first kappa shape index (κ1) is 24.2. The van der Waals surface area contributed by atoms with E-state index in [1.807, 2.05) is 9.80 Å². The predicted octanol–water partition coefficient (Wildman–Crippen LogP) is -1.45. The zero-order chi connectivity index (χ0) is 21.1. The van der Waals surface area contributed by atoms with Crippen LogP contribution in [-0.2, 0) is 19.2 Å². The van der Waals surface area contributed by atoms with Gasteiger partial charge in [0.25, 0.3) is 0 Å². The normalized spacial score (nSPS) is 20.6. The van der Waals surface area contributed by atoms with Crippen molar-refractivity contribution in [2.24, 2.45) is 0 Å². The summed E-state index contributed by atoms with van der Waals surface area (Å²) < 4.78 is 0. The number of hydrogen-bond acceptors (Lipinski definition) is 8. The lowest BCUT2D eigenvalue weighted by Crippen LogP contribution is -2.50. The van der Waals surface area contributed by atoms with Crippen LogP contribution in [0.2, 0.25) is 0 Å². The molecule has 0 aromatic heterocycles. The van der Waals surface area contributed by atoms with E-state index < -0.39 is 11.9 Å². The maximum absolute atomic E-state index is 11.6. The fourth-order valence-corrected chi connectivity index (χ4v) is 3.22. The molecule has 0 amide bonds. The summed E-state index contributed by atoms with van der Waals surface area (Å²) >= 11 is 0. The lowest BCUT2D eigenvalue weighted by molar-refractivity contribution is -0.140. The molecule has 0 radical (unpaired) electrons. The minimum Gasteiger partial charge on any atom is -0.480 e. The quantitative estimate of drug-likeness (QED) is 0.468. The Labute approximate surface area is 165 Å². The van der Waals surface area contributed by atoms with Crippen molar-refractivity contribution in [2.75, 3.05) is 72.0 Å². The molecule has 160 valence electrons. The molecule has 1 saturated heterocycles. The molecule has 1 heterocycles. The van der Waals surface area contributed by atoms with Crippen molar-refractivity contribution in [3.05, 3.63) is 0 Å². The molecule has 1 rings (SSSR count). The van der Waals surface area contributed by atoms with Crippen LogP contribution in [0.3, 0.4) is 0 Å². The second-order valence-corrected chi connectivity index (χ2v) is 7.23. The molecule has 1 aliphatic heterocycles. The number of carboxylic acid groups (broad SMARTS) is 2. The van der Waals surface area contributed by atoms with Crippen LogP contribution in [0.15, 0.2) is 0 Å². The molecule has 1 fully saturated rings. The van der Waals surface area contributed by atoms with Crippen molar-refractivity contribution in [3.63, 3.8) is 0 Å². The topological polar surface area (TPSA) is 122 Å². The molecule has 1 aliphatic rings. The summed E-state index contributed by atoms with van der Waals surface area (Å²) in [6.07, 6.45) is 0.858. The molecule has 28 heavy (non-hydrogen) atoms. The molecule has 0 saturated carbocycles. The zero-order valence-corrected chi connectivity index (χ0v) is 16.7. The number of carbonyl (C=O) groups excluding carboxylic acids is 2. The van der Waals surface area contributed by atoms with Crippen LogP contribution in [0, 0.1) is 0 Å². The van der Waals surface area contributed by atoms with Gasteiger partial charge in [0, 0.05) is 52.4 Å². The molecular formula is C18H32N4O6. The number of hydrogen-bond donors (Lipinski definition) is 2. The average Bonchev–Trinajstić information content (AvgIpc) is 2.59. The van der Waals surface area contributed by atoms with Crippen molar-refractivity contribution in [1.29, 1.82) is 0 Å². The molecule has 0 bridgehead atoms. The molecule has 10 heteroatoms. The van der Waals surface area contributed by atoms with Crippen molar-refractivity contribution >= 4 is 24.0 Å². The zero-order valence-electron chi connectivity index (χ0n) is 16.7. The largest absolute Gasteiger partial charge is 0.480 e. The van der Waals surface area contributed by atoms with Crippen LogP contribution < -0.4 is 0 Å². The third-order valence-corrected chi connectivity index (χ3v) is 4.81. The highest BCUT2D eigenvalue weighted by atomic mass is 16.4. The number of ketones is 1. The number of aldehydes is 1.